The molecule has 0 aromatic heterocycles. The third-order valence-corrected chi connectivity index (χ3v) is 5.17. The first-order valence-electron chi connectivity index (χ1n) is 9.81. The van der Waals surface area contributed by atoms with Gasteiger partial charge in [0.1, 0.15) is 6.61 Å². The monoisotopic (exact) mass is 383 g/mol. The molecule has 0 fully saturated rings. The van der Waals surface area contributed by atoms with E-state index < -0.39 is 0 Å². The molecule has 3 nitrogen and oxygen atoms in total. The van der Waals surface area contributed by atoms with E-state index in [1.54, 1.807) is 7.11 Å². The van der Waals surface area contributed by atoms with Gasteiger partial charge in [0, 0.05) is 23.2 Å². The Morgan fingerprint density at radius 3 is 2.34 bits per heavy atom. The first kappa shape index (κ1) is 18.9. The van der Waals surface area contributed by atoms with E-state index in [1.165, 1.54) is 21.9 Å². The maximum atomic E-state index is 6.24. The molecule has 0 radical (unpaired) electrons. The average molecular weight is 383 g/mol. The molecule has 0 amide bonds. The number of rotatable bonds is 7. The maximum absolute atomic E-state index is 6.24. The Morgan fingerprint density at radius 1 is 0.759 bits per heavy atom. The summed E-state index contributed by atoms with van der Waals surface area (Å²) in [6.07, 6.45) is 0. The Kier molecular flexibility index (Phi) is 5.66. The van der Waals surface area contributed by atoms with Crippen LogP contribution in [0.1, 0.15) is 16.7 Å². The van der Waals surface area contributed by atoms with Gasteiger partial charge in [-0.25, -0.2) is 0 Å². The van der Waals surface area contributed by atoms with Crippen LogP contribution in [0.5, 0.6) is 11.5 Å². The first-order chi connectivity index (χ1) is 14.3. The van der Waals surface area contributed by atoms with Crippen molar-refractivity contribution in [2.45, 2.75) is 20.1 Å². The van der Waals surface area contributed by atoms with E-state index in [2.05, 4.69) is 72.9 Å². The van der Waals surface area contributed by atoms with Gasteiger partial charge in [-0.3, -0.25) is 0 Å². The summed E-state index contributed by atoms with van der Waals surface area (Å²) < 4.78 is 11.8. The van der Waals surface area contributed by atoms with Crippen molar-refractivity contribution in [3.8, 4) is 11.5 Å². The van der Waals surface area contributed by atoms with Gasteiger partial charge in [-0.2, -0.15) is 0 Å². The summed E-state index contributed by atoms with van der Waals surface area (Å²) in [6.45, 7) is 3.26. The molecule has 146 valence electrons. The van der Waals surface area contributed by atoms with Crippen molar-refractivity contribution in [2.24, 2.45) is 0 Å². The molecule has 0 atom stereocenters. The molecule has 3 heteroatoms. The molecule has 0 spiro atoms. The minimum atomic E-state index is 0.508. The SMILES string of the molecule is COc1cccc(CNc2cccc3ccccc23)c1OCc1ccccc1C. The highest BCUT2D eigenvalue weighted by molar-refractivity contribution is 5.93. The van der Waals surface area contributed by atoms with E-state index in [9.17, 15) is 0 Å². The zero-order valence-corrected chi connectivity index (χ0v) is 16.8. The van der Waals surface area contributed by atoms with Crippen molar-refractivity contribution in [3.05, 3.63) is 102 Å². The number of ether oxygens (including phenoxy) is 2. The molecule has 0 heterocycles. The highest BCUT2D eigenvalue weighted by Crippen LogP contribution is 2.33. The molecular weight excluding hydrogens is 358 g/mol. The van der Waals surface area contributed by atoms with E-state index in [0.29, 0.717) is 13.2 Å². The predicted octanol–water partition coefficient (Wildman–Crippen LogP) is 6.35. The maximum Gasteiger partial charge on any atom is 0.166 e. The lowest BCUT2D eigenvalue weighted by molar-refractivity contribution is 0.281. The molecule has 0 aliphatic rings. The van der Waals surface area contributed by atoms with Crippen LogP contribution in [0.4, 0.5) is 5.69 Å². The molecule has 0 saturated carbocycles. The van der Waals surface area contributed by atoms with Crippen molar-refractivity contribution in [3.63, 3.8) is 0 Å². The average Bonchev–Trinajstić information content (AvgIpc) is 2.77. The van der Waals surface area contributed by atoms with Crippen molar-refractivity contribution in [2.75, 3.05) is 12.4 Å². The van der Waals surface area contributed by atoms with Crippen LogP contribution in [-0.4, -0.2) is 7.11 Å². The molecule has 29 heavy (non-hydrogen) atoms. The fraction of sp³-hybridized carbons (Fsp3) is 0.154. The van der Waals surface area contributed by atoms with Crippen LogP contribution in [0.25, 0.3) is 10.8 Å². The van der Waals surface area contributed by atoms with Crippen LogP contribution in [0.2, 0.25) is 0 Å². The van der Waals surface area contributed by atoms with Crippen molar-refractivity contribution >= 4 is 16.5 Å². The number of fused-ring (bicyclic) bond motifs is 1. The molecular formula is C26H25NO2. The van der Waals surface area contributed by atoms with Crippen LogP contribution < -0.4 is 14.8 Å². The Balaban J connectivity index is 1.58. The van der Waals surface area contributed by atoms with Gasteiger partial charge in [-0.1, -0.05) is 72.8 Å². The standard InChI is InChI=1S/C26H25NO2/c1-19-9-3-4-11-22(19)18-29-26-21(13-8-16-25(26)28-2)17-27-24-15-7-12-20-10-5-6-14-23(20)24/h3-16,27H,17-18H2,1-2H3. The minimum Gasteiger partial charge on any atom is -0.493 e. The number of para-hydroxylation sites is 1. The molecule has 4 aromatic carbocycles. The summed E-state index contributed by atoms with van der Waals surface area (Å²) in [6, 6.07) is 29.0. The zero-order valence-electron chi connectivity index (χ0n) is 16.8. The van der Waals surface area contributed by atoms with Crippen LogP contribution in [0.15, 0.2) is 84.9 Å². The van der Waals surface area contributed by atoms with E-state index >= 15 is 0 Å². The fourth-order valence-electron chi connectivity index (χ4n) is 3.52. The highest BCUT2D eigenvalue weighted by Gasteiger charge is 2.12. The Morgan fingerprint density at radius 2 is 1.48 bits per heavy atom. The summed E-state index contributed by atoms with van der Waals surface area (Å²) in [7, 11) is 1.68. The molecule has 0 saturated heterocycles. The molecule has 0 aliphatic carbocycles. The van der Waals surface area contributed by atoms with Gasteiger partial charge in [-0.15, -0.1) is 0 Å². The number of benzene rings is 4. The van der Waals surface area contributed by atoms with Crippen molar-refractivity contribution in [1.82, 2.24) is 0 Å². The number of hydrogen-bond donors (Lipinski definition) is 1. The molecule has 0 bridgehead atoms. The fourth-order valence-corrected chi connectivity index (χ4v) is 3.52. The van der Waals surface area contributed by atoms with Gasteiger partial charge in [0.2, 0.25) is 0 Å². The smallest absolute Gasteiger partial charge is 0.166 e. The molecule has 0 aliphatic heterocycles. The minimum absolute atomic E-state index is 0.508. The predicted molar refractivity (Wildman–Crippen MR) is 120 cm³/mol. The lowest BCUT2D eigenvalue weighted by atomic mass is 10.1. The molecule has 1 N–H and O–H groups in total. The summed E-state index contributed by atoms with van der Waals surface area (Å²) in [5, 5.41) is 6.00. The number of nitrogens with one attached hydrogen (secondary N) is 1. The number of anilines is 1. The molecule has 4 aromatic rings. The van der Waals surface area contributed by atoms with E-state index in [0.717, 1.165) is 22.7 Å². The Hall–Kier alpha value is -3.46. The zero-order chi connectivity index (χ0) is 20.1. The summed E-state index contributed by atoms with van der Waals surface area (Å²) in [5.74, 6) is 1.53. The van der Waals surface area contributed by atoms with E-state index in [-0.39, 0.29) is 0 Å². The van der Waals surface area contributed by atoms with Crippen LogP contribution in [0.3, 0.4) is 0 Å². The van der Waals surface area contributed by atoms with Gasteiger partial charge in [0.25, 0.3) is 0 Å². The van der Waals surface area contributed by atoms with Gasteiger partial charge in [0.15, 0.2) is 11.5 Å². The van der Waals surface area contributed by atoms with Crippen LogP contribution in [0, 0.1) is 6.92 Å². The summed E-state index contributed by atoms with van der Waals surface area (Å²) >= 11 is 0. The second kappa shape index (κ2) is 8.70. The largest absolute Gasteiger partial charge is 0.493 e. The van der Waals surface area contributed by atoms with E-state index in [4.69, 9.17) is 9.47 Å². The normalized spacial score (nSPS) is 10.7. The number of hydrogen-bond acceptors (Lipinski definition) is 3. The van der Waals surface area contributed by atoms with Gasteiger partial charge in [-0.05, 0) is 35.6 Å². The molecule has 0 unspecified atom stereocenters. The topological polar surface area (TPSA) is 30.5 Å². The third kappa shape index (κ3) is 4.19. The van der Waals surface area contributed by atoms with Gasteiger partial charge in [0.05, 0.1) is 7.11 Å². The number of methoxy groups -OCH3 is 1. The highest BCUT2D eigenvalue weighted by atomic mass is 16.5. The quantitative estimate of drug-likeness (QED) is 0.403. The second-order valence-corrected chi connectivity index (χ2v) is 7.04. The van der Waals surface area contributed by atoms with Crippen LogP contribution >= 0.6 is 0 Å². The van der Waals surface area contributed by atoms with Crippen molar-refractivity contribution < 1.29 is 9.47 Å². The Labute approximate surface area is 171 Å². The molecule has 4 rings (SSSR count). The van der Waals surface area contributed by atoms with Crippen LogP contribution in [-0.2, 0) is 13.2 Å². The van der Waals surface area contributed by atoms with Gasteiger partial charge >= 0.3 is 0 Å². The summed E-state index contributed by atoms with van der Waals surface area (Å²) in [5.41, 5.74) is 4.56. The lowest BCUT2D eigenvalue weighted by Crippen LogP contribution is -2.06. The Bertz CT molecular complexity index is 1120. The van der Waals surface area contributed by atoms with Gasteiger partial charge < -0.3 is 14.8 Å². The first-order valence-corrected chi connectivity index (χ1v) is 9.81. The van der Waals surface area contributed by atoms with Crippen molar-refractivity contribution in [1.29, 1.82) is 0 Å². The third-order valence-electron chi connectivity index (χ3n) is 5.17. The number of aryl methyl sites for hydroxylation is 1. The lowest BCUT2D eigenvalue weighted by Gasteiger charge is -2.17. The van der Waals surface area contributed by atoms with E-state index in [1.807, 2.05) is 24.3 Å². The summed E-state index contributed by atoms with van der Waals surface area (Å²) in [4.78, 5) is 0. The second-order valence-electron chi connectivity index (χ2n) is 7.04.